The van der Waals surface area contributed by atoms with Gasteiger partial charge in [0.1, 0.15) is 5.69 Å². The molecular formula is C8H14N4O. The predicted octanol–water partition coefficient (Wildman–Crippen LogP) is 0.733. The molecule has 1 aromatic rings. The number of nitrogens with zero attached hydrogens (tertiary/aromatic N) is 3. The van der Waals surface area contributed by atoms with Crippen molar-refractivity contribution in [2.75, 3.05) is 0 Å². The lowest BCUT2D eigenvalue weighted by Crippen LogP contribution is -2.28. The van der Waals surface area contributed by atoms with Gasteiger partial charge in [-0.25, -0.2) is 4.98 Å². The van der Waals surface area contributed by atoms with E-state index >= 15 is 0 Å². The molecule has 0 atom stereocenters. The minimum Gasteiger partial charge on any atom is -0.409 e. The van der Waals surface area contributed by atoms with Crippen molar-refractivity contribution >= 4 is 5.84 Å². The van der Waals surface area contributed by atoms with E-state index in [1.54, 1.807) is 12.5 Å². The second-order valence-corrected chi connectivity index (χ2v) is 3.80. The Balaban J connectivity index is 3.18. The molecule has 0 aliphatic rings. The minimum atomic E-state index is -0.124. The summed E-state index contributed by atoms with van der Waals surface area (Å²) in [5.41, 5.74) is 5.97. The van der Waals surface area contributed by atoms with Gasteiger partial charge in [-0.15, -0.1) is 0 Å². The molecule has 0 aliphatic carbocycles. The highest BCUT2D eigenvalue weighted by Gasteiger charge is 2.18. The first-order valence-corrected chi connectivity index (χ1v) is 3.97. The number of aromatic nitrogens is 2. The predicted molar refractivity (Wildman–Crippen MR) is 49.7 cm³/mol. The van der Waals surface area contributed by atoms with Crippen molar-refractivity contribution in [1.82, 2.24) is 9.55 Å². The van der Waals surface area contributed by atoms with Gasteiger partial charge >= 0.3 is 0 Å². The van der Waals surface area contributed by atoms with Gasteiger partial charge in [0, 0.05) is 5.54 Å². The SMILES string of the molecule is CC(C)(C)n1cncc1/C(N)=N\O. The first-order chi connectivity index (χ1) is 5.96. The Morgan fingerprint density at radius 3 is 2.69 bits per heavy atom. The number of nitrogens with two attached hydrogens (primary N) is 1. The Bertz CT molecular complexity index is 321. The second kappa shape index (κ2) is 3.08. The highest BCUT2D eigenvalue weighted by atomic mass is 16.4. The van der Waals surface area contributed by atoms with Crippen LogP contribution in [0.4, 0.5) is 0 Å². The summed E-state index contributed by atoms with van der Waals surface area (Å²) >= 11 is 0. The lowest BCUT2D eigenvalue weighted by Gasteiger charge is -2.22. The Labute approximate surface area is 76.9 Å². The van der Waals surface area contributed by atoms with Gasteiger partial charge in [0.25, 0.3) is 0 Å². The fourth-order valence-corrected chi connectivity index (χ4v) is 1.07. The standard InChI is InChI=1S/C8H14N4O/c1-8(2,3)12-5-10-4-6(12)7(9)11-13/h4-5,13H,1-3H3,(H2,9,11). The number of hydrogen-bond acceptors (Lipinski definition) is 3. The average molecular weight is 182 g/mol. The smallest absolute Gasteiger partial charge is 0.188 e. The van der Waals surface area contributed by atoms with Crippen molar-refractivity contribution in [2.45, 2.75) is 26.3 Å². The zero-order valence-electron chi connectivity index (χ0n) is 8.02. The van der Waals surface area contributed by atoms with E-state index in [1.807, 2.05) is 25.3 Å². The summed E-state index contributed by atoms with van der Waals surface area (Å²) in [5.74, 6) is 0.0763. The summed E-state index contributed by atoms with van der Waals surface area (Å²) in [6, 6.07) is 0. The molecule has 72 valence electrons. The van der Waals surface area contributed by atoms with Crippen molar-refractivity contribution in [3.63, 3.8) is 0 Å². The van der Waals surface area contributed by atoms with Gasteiger partial charge in [0.2, 0.25) is 0 Å². The monoisotopic (exact) mass is 182 g/mol. The molecule has 0 radical (unpaired) electrons. The van der Waals surface area contributed by atoms with Gasteiger partial charge in [-0.2, -0.15) is 0 Å². The maximum Gasteiger partial charge on any atom is 0.188 e. The maximum atomic E-state index is 8.52. The van der Waals surface area contributed by atoms with E-state index in [4.69, 9.17) is 10.9 Å². The molecule has 0 aliphatic heterocycles. The molecular weight excluding hydrogens is 168 g/mol. The molecule has 0 saturated carbocycles. The highest BCUT2D eigenvalue weighted by Crippen LogP contribution is 2.15. The summed E-state index contributed by atoms with van der Waals surface area (Å²) in [6.45, 7) is 6.05. The van der Waals surface area contributed by atoms with Gasteiger partial charge < -0.3 is 15.5 Å². The number of imidazole rings is 1. The Hall–Kier alpha value is -1.52. The van der Waals surface area contributed by atoms with Crippen molar-refractivity contribution in [3.05, 3.63) is 18.2 Å². The molecule has 0 bridgehead atoms. The number of oxime groups is 1. The molecule has 13 heavy (non-hydrogen) atoms. The van der Waals surface area contributed by atoms with E-state index in [2.05, 4.69) is 10.1 Å². The molecule has 0 saturated heterocycles. The first kappa shape index (κ1) is 9.57. The molecule has 0 unspecified atom stereocenters. The molecule has 5 heteroatoms. The third kappa shape index (κ3) is 1.80. The topological polar surface area (TPSA) is 76.4 Å². The minimum absolute atomic E-state index is 0.0763. The fourth-order valence-electron chi connectivity index (χ4n) is 1.07. The maximum absolute atomic E-state index is 8.52. The van der Waals surface area contributed by atoms with Crippen LogP contribution < -0.4 is 5.73 Å². The van der Waals surface area contributed by atoms with E-state index in [0.29, 0.717) is 5.69 Å². The van der Waals surface area contributed by atoms with Gasteiger partial charge in [0.05, 0.1) is 12.5 Å². The summed E-state index contributed by atoms with van der Waals surface area (Å²) in [6.07, 6.45) is 3.23. The third-order valence-corrected chi connectivity index (χ3v) is 1.73. The zero-order valence-corrected chi connectivity index (χ0v) is 8.02. The van der Waals surface area contributed by atoms with Crippen molar-refractivity contribution in [3.8, 4) is 0 Å². The van der Waals surface area contributed by atoms with Crippen LogP contribution in [0, 0.1) is 0 Å². The largest absolute Gasteiger partial charge is 0.409 e. The Kier molecular flexibility index (Phi) is 2.27. The van der Waals surface area contributed by atoms with Crippen LogP contribution in [0.2, 0.25) is 0 Å². The van der Waals surface area contributed by atoms with Crippen LogP contribution in [0.3, 0.4) is 0 Å². The van der Waals surface area contributed by atoms with Gasteiger partial charge in [-0.1, -0.05) is 5.16 Å². The van der Waals surface area contributed by atoms with Crippen LogP contribution in [0.5, 0.6) is 0 Å². The van der Waals surface area contributed by atoms with Crippen LogP contribution in [-0.4, -0.2) is 20.6 Å². The van der Waals surface area contributed by atoms with Crippen LogP contribution in [0.15, 0.2) is 17.7 Å². The Morgan fingerprint density at radius 2 is 2.23 bits per heavy atom. The van der Waals surface area contributed by atoms with Crippen molar-refractivity contribution < 1.29 is 5.21 Å². The van der Waals surface area contributed by atoms with Crippen molar-refractivity contribution in [2.24, 2.45) is 10.9 Å². The van der Waals surface area contributed by atoms with E-state index in [9.17, 15) is 0 Å². The Morgan fingerprint density at radius 1 is 1.62 bits per heavy atom. The molecule has 3 N–H and O–H groups in total. The molecule has 0 aromatic carbocycles. The molecule has 0 fully saturated rings. The quantitative estimate of drug-likeness (QED) is 0.291. The number of rotatable bonds is 1. The van der Waals surface area contributed by atoms with Crippen LogP contribution in [0.25, 0.3) is 0 Å². The van der Waals surface area contributed by atoms with Crippen molar-refractivity contribution in [1.29, 1.82) is 0 Å². The first-order valence-electron chi connectivity index (χ1n) is 3.97. The molecule has 0 spiro atoms. The lowest BCUT2D eigenvalue weighted by molar-refractivity contribution is 0.317. The van der Waals surface area contributed by atoms with Gasteiger partial charge in [-0.05, 0) is 20.8 Å². The van der Waals surface area contributed by atoms with E-state index in [1.165, 1.54) is 0 Å². The van der Waals surface area contributed by atoms with Gasteiger partial charge in [-0.3, -0.25) is 0 Å². The fraction of sp³-hybridized carbons (Fsp3) is 0.500. The van der Waals surface area contributed by atoms with E-state index in [0.717, 1.165) is 0 Å². The molecule has 0 amide bonds. The lowest BCUT2D eigenvalue weighted by atomic mass is 10.1. The zero-order chi connectivity index (χ0) is 10.1. The number of hydrogen-bond donors (Lipinski definition) is 2. The van der Waals surface area contributed by atoms with Gasteiger partial charge in [0.15, 0.2) is 5.84 Å². The summed E-state index contributed by atoms with van der Waals surface area (Å²) in [4.78, 5) is 3.95. The van der Waals surface area contributed by atoms with Crippen LogP contribution in [0.1, 0.15) is 26.5 Å². The molecule has 1 heterocycles. The molecule has 5 nitrogen and oxygen atoms in total. The van der Waals surface area contributed by atoms with E-state index in [-0.39, 0.29) is 11.4 Å². The second-order valence-electron chi connectivity index (χ2n) is 3.80. The normalized spacial score (nSPS) is 13.3. The highest BCUT2D eigenvalue weighted by molar-refractivity contribution is 5.95. The summed E-state index contributed by atoms with van der Waals surface area (Å²) in [7, 11) is 0. The summed E-state index contributed by atoms with van der Waals surface area (Å²) < 4.78 is 1.85. The van der Waals surface area contributed by atoms with E-state index < -0.39 is 0 Å². The number of amidine groups is 1. The van der Waals surface area contributed by atoms with Crippen LogP contribution in [-0.2, 0) is 5.54 Å². The average Bonchev–Trinajstić information content (AvgIpc) is 2.49. The molecule has 1 aromatic heterocycles. The third-order valence-electron chi connectivity index (χ3n) is 1.73. The summed E-state index contributed by atoms with van der Waals surface area (Å²) in [5, 5.41) is 11.5. The molecule has 1 rings (SSSR count). The van der Waals surface area contributed by atoms with Crippen LogP contribution >= 0.6 is 0 Å².